The van der Waals surface area contributed by atoms with Crippen molar-refractivity contribution in [2.45, 2.75) is 52.2 Å². The quantitative estimate of drug-likeness (QED) is 0.562. The third kappa shape index (κ3) is 3.34. The minimum absolute atomic E-state index is 0.149. The maximum Gasteiger partial charge on any atom is 0.348 e. The third-order valence-electron chi connectivity index (χ3n) is 4.98. The van der Waals surface area contributed by atoms with Crippen LogP contribution in [0.1, 0.15) is 60.7 Å². The lowest BCUT2D eigenvalue weighted by atomic mass is 9.89. The lowest BCUT2D eigenvalue weighted by Gasteiger charge is -2.28. The van der Waals surface area contributed by atoms with E-state index in [4.69, 9.17) is 9.47 Å². The van der Waals surface area contributed by atoms with Gasteiger partial charge in [-0.2, -0.15) is 0 Å². The average molecular weight is 373 g/mol. The Morgan fingerprint density at radius 3 is 2.30 bits per heavy atom. The van der Waals surface area contributed by atoms with Crippen LogP contribution in [-0.2, 0) is 19.1 Å². The Hall–Kier alpha value is -2.70. The average Bonchev–Trinajstić information content (AvgIpc) is 3.04. The normalized spacial score (nSPS) is 21.8. The van der Waals surface area contributed by atoms with Crippen molar-refractivity contribution in [1.82, 2.24) is 4.90 Å². The Morgan fingerprint density at radius 2 is 1.81 bits per heavy atom. The maximum absolute atomic E-state index is 12.9. The van der Waals surface area contributed by atoms with Crippen LogP contribution in [0.25, 0.3) is 0 Å². The number of cyclic esters (lactones) is 1. The molecule has 0 N–H and O–H groups in total. The second-order valence-corrected chi connectivity index (χ2v) is 7.60. The van der Waals surface area contributed by atoms with Gasteiger partial charge in [-0.25, -0.2) is 9.59 Å². The van der Waals surface area contributed by atoms with Gasteiger partial charge in [0, 0.05) is 5.41 Å². The first-order valence-corrected chi connectivity index (χ1v) is 9.12. The predicted octanol–water partition coefficient (Wildman–Crippen LogP) is 2.34. The number of rotatable bonds is 6. The Balaban J connectivity index is 1.86. The molecule has 1 aromatic carbocycles. The van der Waals surface area contributed by atoms with E-state index in [9.17, 15) is 19.2 Å². The van der Waals surface area contributed by atoms with Gasteiger partial charge >= 0.3 is 11.9 Å². The molecule has 0 unspecified atom stereocenters. The fourth-order valence-corrected chi connectivity index (χ4v) is 3.37. The second-order valence-electron chi connectivity index (χ2n) is 7.60. The molecule has 0 spiro atoms. The predicted molar refractivity (Wildman–Crippen MR) is 94.9 cm³/mol. The van der Waals surface area contributed by atoms with Gasteiger partial charge in [-0.15, -0.1) is 0 Å². The van der Waals surface area contributed by atoms with E-state index in [0.29, 0.717) is 6.42 Å². The number of benzene rings is 1. The molecule has 2 amide bonds. The zero-order valence-corrected chi connectivity index (χ0v) is 15.7. The molecule has 2 heterocycles. The number of amides is 2. The molecule has 1 aromatic rings. The summed E-state index contributed by atoms with van der Waals surface area (Å²) in [4.78, 5) is 51.3. The van der Waals surface area contributed by atoms with Crippen molar-refractivity contribution in [2.24, 2.45) is 5.41 Å². The highest BCUT2D eigenvalue weighted by atomic mass is 16.6. The van der Waals surface area contributed by atoms with Crippen LogP contribution in [0.5, 0.6) is 0 Å². The minimum atomic E-state index is -1.07. The van der Waals surface area contributed by atoms with E-state index in [1.54, 1.807) is 38.1 Å². The third-order valence-corrected chi connectivity index (χ3v) is 4.98. The Morgan fingerprint density at radius 1 is 1.22 bits per heavy atom. The standard InChI is InChI=1S/C20H23NO6/c1-4-5-10-14(18(24)27-15-19(25)26-11-20(15,2)3)21-16(22)12-8-6-7-9-13(12)17(21)23/h6-9,14-15H,4-5,10-11H2,1-3H3/t14-,15-/m0/s1. The largest absolute Gasteiger partial charge is 0.462 e. The summed E-state index contributed by atoms with van der Waals surface area (Å²) >= 11 is 0. The smallest absolute Gasteiger partial charge is 0.348 e. The highest BCUT2D eigenvalue weighted by Crippen LogP contribution is 2.33. The highest BCUT2D eigenvalue weighted by molar-refractivity contribution is 6.22. The molecule has 1 saturated heterocycles. The first-order chi connectivity index (χ1) is 12.8. The van der Waals surface area contributed by atoms with Crippen LogP contribution in [0.3, 0.4) is 0 Å². The number of hydrogen-bond acceptors (Lipinski definition) is 6. The summed E-state index contributed by atoms with van der Waals surface area (Å²) in [5, 5.41) is 0. The molecule has 2 atom stereocenters. The van der Waals surface area contributed by atoms with Gasteiger partial charge < -0.3 is 9.47 Å². The first kappa shape index (κ1) is 19.1. The zero-order chi connectivity index (χ0) is 19.8. The van der Waals surface area contributed by atoms with Crippen molar-refractivity contribution >= 4 is 23.8 Å². The van der Waals surface area contributed by atoms with Gasteiger partial charge in [-0.1, -0.05) is 45.7 Å². The SMILES string of the molecule is CCCC[C@@H](C(=O)O[C@H]1C(=O)OCC1(C)C)N1C(=O)c2ccccc2C1=O. The molecule has 27 heavy (non-hydrogen) atoms. The Labute approximate surface area is 157 Å². The monoisotopic (exact) mass is 373 g/mol. The fraction of sp³-hybridized carbons (Fsp3) is 0.500. The topological polar surface area (TPSA) is 90.0 Å². The van der Waals surface area contributed by atoms with Crippen molar-refractivity contribution < 1.29 is 28.7 Å². The molecule has 3 rings (SSSR count). The number of nitrogens with zero attached hydrogens (tertiary/aromatic N) is 1. The maximum atomic E-state index is 12.9. The van der Waals surface area contributed by atoms with Crippen LogP contribution in [-0.4, -0.2) is 47.4 Å². The number of ether oxygens (including phenoxy) is 2. The van der Waals surface area contributed by atoms with E-state index < -0.39 is 41.3 Å². The van der Waals surface area contributed by atoms with E-state index in [-0.39, 0.29) is 24.2 Å². The molecule has 0 aromatic heterocycles. The highest BCUT2D eigenvalue weighted by Gasteiger charge is 2.49. The zero-order valence-electron chi connectivity index (χ0n) is 15.7. The molecular formula is C20H23NO6. The van der Waals surface area contributed by atoms with E-state index in [1.165, 1.54) is 0 Å². The second kappa shape index (κ2) is 7.13. The van der Waals surface area contributed by atoms with Crippen molar-refractivity contribution in [3.05, 3.63) is 35.4 Å². The van der Waals surface area contributed by atoms with Crippen molar-refractivity contribution in [3.8, 4) is 0 Å². The van der Waals surface area contributed by atoms with Crippen LogP contribution in [0, 0.1) is 5.41 Å². The summed E-state index contributed by atoms with van der Waals surface area (Å²) in [5.74, 6) is -2.39. The summed E-state index contributed by atoms with van der Waals surface area (Å²) in [5.41, 5.74) is -0.112. The van der Waals surface area contributed by atoms with Gasteiger partial charge in [0.1, 0.15) is 12.6 Å². The lowest BCUT2D eigenvalue weighted by molar-refractivity contribution is -0.166. The van der Waals surface area contributed by atoms with Gasteiger partial charge in [0.15, 0.2) is 0 Å². The minimum Gasteiger partial charge on any atom is -0.462 e. The summed E-state index contributed by atoms with van der Waals surface area (Å²) in [7, 11) is 0. The van der Waals surface area contributed by atoms with Crippen molar-refractivity contribution in [1.29, 1.82) is 0 Å². The molecule has 0 saturated carbocycles. The number of hydrogen-bond donors (Lipinski definition) is 0. The van der Waals surface area contributed by atoms with Crippen LogP contribution in [0.15, 0.2) is 24.3 Å². The van der Waals surface area contributed by atoms with E-state index >= 15 is 0 Å². The van der Waals surface area contributed by atoms with Crippen LogP contribution in [0.2, 0.25) is 0 Å². The molecule has 2 aliphatic heterocycles. The van der Waals surface area contributed by atoms with Gasteiger partial charge in [-0.3, -0.25) is 14.5 Å². The fourth-order valence-electron chi connectivity index (χ4n) is 3.37. The molecule has 0 radical (unpaired) electrons. The van der Waals surface area contributed by atoms with E-state index in [2.05, 4.69) is 0 Å². The molecular weight excluding hydrogens is 350 g/mol. The van der Waals surface area contributed by atoms with Gasteiger partial charge in [0.05, 0.1) is 11.1 Å². The number of fused-ring (bicyclic) bond motifs is 1. The number of imide groups is 1. The molecule has 0 aliphatic carbocycles. The van der Waals surface area contributed by atoms with Gasteiger partial charge in [-0.05, 0) is 18.6 Å². The first-order valence-electron chi connectivity index (χ1n) is 9.12. The molecule has 1 fully saturated rings. The van der Waals surface area contributed by atoms with Gasteiger partial charge in [0.2, 0.25) is 6.10 Å². The summed E-state index contributed by atoms with van der Waals surface area (Å²) < 4.78 is 10.4. The number of carbonyl (C=O) groups excluding carboxylic acids is 4. The molecule has 2 aliphatic rings. The summed E-state index contributed by atoms with van der Waals surface area (Å²) in [6.07, 6.45) is 0.641. The van der Waals surface area contributed by atoms with Crippen molar-refractivity contribution in [2.75, 3.05) is 6.61 Å². The van der Waals surface area contributed by atoms with Crippen molar-refractivity contribution in [3.63, 3.8) is 0 Å². The Bertz CT molecular complexity index is 764. The number of unbranched alkanes of at least 4 members (excludes halogenated alkanes) is 1. The number of esters is 2. The van der Waals surface area contributed by atoms with Crippen LogP contribution in [0.4, 0.5) is 0 Å². The van der Waals surface area contributed by atoms with Crippen LogP contribution >= 0.6 is 0 Å². The van der Waals surface area contributed by atoms with Crippen LogP contribution < -0.4 is 0 Å². The number of carbonyl (C=O) groups is 4. The molecule has 7 nitrogen and oxygen atoms in total. The van der Waals surface area contributed by atoms with Gasteiger partial charge in [0.25, 0.3) is 11.8 Å². The lowest BCUT2D eigenvalue weighted by Crippen LogP contribution is -2.48. The summed E-state index contributed by atoms with van der Waals surface area (Å²) in [6, 6.07) is 5.40. The molecule has 0 bridgehead atoms. The molecule has 7 heteroatoms. The molecule has 144 valence electrons. The Kier molecular flexibility index (Phi) is 5.04. The summed E-state index contributed by atoms with van der Waals surface area (Å²) in [6.45, 7) is 5.62. The van der Waals surface area contributed by atoms with E-state index in [0.717, 1.165) is 11.3 Å². The van der Waals surface area contributed by atoms with E-state index in [1.807, 2.05) is 6.92 Å².